The number of carbonyl (C=O) groups is 2. The lowest BCUT2D eigenvalue weighted by molar-refractivity contribution is -0.134. The van der Waals surface area contributed by atoms with Crippen LogP contribution in [0.3, 0.4) is 0 Å². The summed E-state index contributed by atoms with van der Waals surface area (Å²) in [5.74, 6) is -1.22. The maximum absolute atomic E-state index is 14.4. The molecule has 9 heteroatoms. The zero-order valence-electron chi connectivity index (χ0n) is 17.7. The second-order valence-electron chi connectivity index (χ2n) is 8.56. The van der Waals surface area contributed by atoms with Crippen LogP contribution in [-0.4, -0.2) is 58.1 Å². The SMILES string of the molecule is Cc1nonc1C(=O)N1CCC(C(Cc2ccc(F)cc2F)N(C)C(=O)C2CC2)CC1. The molecule has 166 valence electrons. The minimum Gasteiger partial charge on any atom is -0.342 e. The van der Waals surface area contributed by atoms with Gasteiger partial charge in [0.2, 0.25) is 5.91 Å². The third-order valence-electron chi connectivity index (χ3n) is 6.44. The predicted octanol–water partition coefficient (Wildman–Crippen LogP) is 2.99. The van der Waals surface area contributed by atoms with Crippen LogP contribution in [0.15, 0.2) is 22.8 Å². The highest BCUT2D eigenvalue weighted by Gasteiger charge is 2.39. The molecule has 2 aliphatic rings. The van der Waals surface area contributed by atoms with E-state index in [9.17, 15) is 18.4 Å². The molecule has 2 heterocycles. The summed E-state index contributed by atoms with van der Waals surface area (Å²) in [7, 11) is 1.77. The molecule has 4 rings (SSSR count). The molecule has 1 atom stereocenters. The monoisotopic (exact) mass is 432 g/mol. The van der Waals surface area contributed by atoms with Gasteiger partial charge in [-0.2, -0.15) is 0 Å². The van der Waals surface area contributed by atoms with Crippen molar-refractivity contribution in [3.05, 3.63) is 46.8 Å². The molecule has 0 radical (unpaired) electrons. The Labute approximate surface area is 179 Å². The van der Waals surface area contributed by atoms with E-state index < -0.39 is 11.6 Å². The predicted molar refractivity (Wildman–Crippen MR) is 107 cm³/mol. The lowest BCUT2D eigenvalue weighted by Gasteiger charge is -2.40. The van der Waals surface area contributed by atoms with Crippen LogP contribution >= 0.6 is 0 Å². The van der Waals surface area contributed by atoms with Gasteiger partial charge in [0.15, 0.2) is 5.69 Å². The normalized spacial score (nSPS) is 18.1. The fourth-order valence-corrected chi connectivity index (χ4v) is 4.38. The topological polar surface area (TPSA) is 79.5 Å². The molecule has 1 aliphatic carbocycles. The first-order valence-electron chi connectivity index (χ1n) is 10.6. The highest BCUT2D eigenvalue weighted by atomic mass is 19.1. The number of benzene rings is 1. The van der Waals surface area contributed by atoms with Crippen LogP contribution in [0.25, 0.3) is 0 Å². The standard InChI is InChI=1S/C22H26F2N4O3/c1-13-20(26-31-25-13)22(30)28-9-7-14(8-10-28)19(27(2)21(29)15-3-4-15)11-16-5-6-17(23)12-18(16)24/h5-6,12,14-15,19H,3-4,7-11H2,1-2H3. The van der Waals surface area contributed by atoms with Crippen molar-refractivity contribution in [2.45, 2.75) is 45.1 Å². The Balaban J connectivity index is 1.48. The van der Waals surface area contributed by atoms with E-state index in [4.69, 9.17) is 0 Å². The lowest BCUT2D eigenvalue weighted by Crippen LogP contribution is -2.49. The molecule has 2 fully saturated rings. The van der Waals surface area contributed by atoms with Crippen molar-refractivity contribution in [2.75, 3.05) is 20.1 Å². The number of hydrogen-bond donors (Lipinski definition) is 0. The molecule has 1 aromatic heterocycles. The third-order valence-corrected chi connectivity index (χ3v) is 6.44. The summed E-state index contributed by atoms with van der Waals surface area (Å²) in [6, 6.07) is 3.35. The average Bonchev–Trinajstić information content (AvgIpc) is 3.52. The maximum Gasteiger partial charge on any atom is 0.278 e. The van der Waals surface area contributed by atoms with Crippen LogP contribution in [-0.2, 0) is 11.2 Å². The molecular formula is C22H26F2N4O3. The number of aryl methyl sites for hydroxylation is 1. The largest absolute Gasteiger partial charge is 0.342 e. The molecule has 0 spiro atoms. The van der Waals surface area contributed by atoms with Crippen LogP contribution in [0.5, 0.6) is 0 Å². The minimum absolute atomic E-state index is 0.0508. The van der Waals surface area contributed by atoms with Gasteiger partial charge in [0.05, 0.1) is 0 Å². The van der Waals surface area contributed by atoms with Gasteiger partial charge in [-0.3, -0.25) is 9.59 Å². The van der Waals surface area contributed by atoms with Gasteiger partial charge in [0.25, 0.3) is 5.91 Å². The Kier molecular flexibility index (Phi) is 6.02. The number of likely N-dealkylation sites (N-methyl/N-ethyl adjacent to an activating group) is 1. The number of amides is 2. The van der Waals surface area contributed by atoms with Crippen molar-refractivity contribution < 1.29 is 23.0 Å². The van der Waals surface area contributed by atoms with E-state index in [1.165, 1.54) is 12.1 Å². The summed E-state index contributed by atoms with van der Waals surface area (Å²) >= 11 is 0. The molecule has 2 aromatic rings. The summed E-state index contributed by atoms with van der Waals surface area (Å²) in [4.78, 5) is 28.9. The molecule has 0 bridgehead atoms. The van der Waals surface area contributed by atoms with Crippen LogP contribution < -0.4 is 0 Å². The Hall–Kier alpha value is -2.84. The highest BCUT2D eigenvalue weighted by molar-refractivity contribution is 5.93. The van der Waals surface area contributed by atoms with Gasteiger partial charge >= 0.3 is 0 Å². The first kappa shape index (κ1) is 21.4. The van der Waals surface area contributed by atoms with Gasteiger partial charge in [-0.15, -0.1) is 0 Å². The van der Waals surface area contributed by atoms with Crippen molar-refractivity contribution in [1.82, 2.24) is 20.1 Å². The number of likely N-dealkylation sites (tertiary alicyclic amines) is 1. The summed E-state index contributed by atoms with van der Waals surface area (Å²) in [5.41, 5.74) is 1.06. The molecule has 1 aromatic carbocycles. The first-order chi connectivity index (χ1) is 14.8. The number of rotatable bonds is 6. The maximum atomic E-state index is 14.4. The fourth-order valence-electron chi connectivity index (χ4n) is 4.38. The fraction of sp³-hybridized carbons (Fsp3) is 0.545. The molecule has 1 aliphatic heterocycles. The molecule has 0 N–H and O–H groups in total. The smallest absolute Gasteiger partial charge is 0.278 e. The molecule has 31 heavy (non-hydrogen) atoms. The van der Waals surface area contributed by atoms with Crippen molar-refractivity contribution in [3.63, 3.8) is 0 Å². The second kappa shape index (κ2) is 8.72. The van der Waals surface area contributed by atoms with E-state index >= 15 is 0 Å². The summed E-state index contributed by atoms with van der Waals surface area (Å²) < 4.78 is 32.3. The van der Waals surface area contributed by atoms with Crippen molar-refractivity contribution in [2.24, 2.45) is 11.8 Å². The average molecular weight is 432 g/mol. The quantitative estimate of drug-likeness (QED) is 0.701. The van der Waals surface area contributed by atoms with Gasteiger partial charge in [0.1, 0.15) is 17.3 Å². The molecule has 2 amide bonds. The van der Waals surface area contributed by atoms with E-state index in [0.717, 1.165) is 18.9 Å². The van der Waals surface area contributed by atoms with Crippen LogP contribution in [0.4, 0.5) is 8.78 Å². The van der Waals surface area contributed by atoms with E-state index in [0.29, 0.717) is 43.6 Å². The first-order valence-corrected chi connectivity index (χ1v) is 10.6. The number of carbonyl (C=O) groups excluding carboxylic acids is 2. The number of hydrogen-bond acceptors (Lipinski definition) is 5. The van der Waals surface area contributed by atoms with Crippen molar-refractivity contribution in [1.29, 1.82) is 0 Å². The van der Waals surface area contributed by atoms with E-state index in [-0.39, 0.29) is 35.4 Å². The van der Waals surface area contributed by atoms with Crippen LogP contribution in [0.2, 0.25) is 0 Å². The van der Waals surface area contributed by atoms with Gasteiger partial charge in [0, 0.05) is 38.2 Å². The lowest BCUT2D eigenvalue weighted by atomic mass is 9.84. The van der Waals surface area contributed by atoms with Crippen molar-refractivity contribution >= 4 is 11.8 Å². The van der Waals surface area contributed by atoms with Gasteiger partial charge in [-0.05, 0) is 61.7 Å². The van der Waals surface area contributed by atoms with E-state index in [1.807, 2.05) is 0 Å². The summed E-state index contributed by atoms with van der Waals surface area (Å²) in [5, 5.41) is 7.35. The van der Waals surface area contributed by atoms with Crippen LogP contribution in [0.1, 0.15) is 47.4 Å². The van der Waals surface area contributed by atoms with E-state index in [2.05, 4.69) is 14.9 Å². The Morgan fingerprint density at radius 1 is 1.19 bits per heavy atom. The Morgan fingerprint density at radius 3 is 2.48 bits per heavy atom. The van der Waals surface area contributed by atoms with Gasteiger partial charge in [-0.1, -0.05) is 11.2 Å². The molecule has 1 saturated carbocycles. The van der Waals surface area contributed by atoms with Gasteiger partial charge < -0.3 is 9.80 Å². The molecule has 1 unspecified atom stereocenters. The van der Waals surface area contributed by atoms with Crippen molar-refractivity contribution in [3.8, 4) is 0 Å². The molecular weight excluding hydrogens is 406 g/mol. The van der Waals surface area contributed by atoms with Crippen LogP contribution in [0, 0.1) is 30.4 Å². The third kappa shape index (κ3) is 4.60. The zero-order valence-corrected chi connectivity index (χ0v) is 17.7. The summed E-state index contributed by atoms with van der Waals surface area (Å²) in [6.45, 7) is 2.68. The van der Waals surface area contributed by atoms with Gasteiger partial charge in [-0.25, -0.2) is 13.4 Å². The Morgan fingerprint density at radius 2 is 1.90 bits per heavy atom. The number of halogens is 2. The zero-order chi connectivity index (χ0) is 22.1. The highest BCUT2D eigenvalue weighted by Crippen LogP contribution is 2.34. The summed E-state index contributed by atoms with van der Waals surface area (Å²) in [6.07, 6.45) is 3.43. The molecule has 1 saturated heterocycles. The number of piperidine rings is 1. The second-order valence-corrected chi connectivity index (χ2v) is 8.56. The molecule has 7 nitrogen and oxygen atoms in total. The number of nitrogens with zero attached hydrogens (tertiary/aromatic N) is 4. The Bertz CT molecular complexity index is 967. The van der Waals surface area contributed by atoms with E-state index in [1.54, 1.807) is 23.8 Å². The minimum atomic E-state index is -0.621. The number of aromatic nitrogens is 2.